The second-order valence-corrected chi connectivity index (χ2v) is 12.4. The van der Waals surface area contributed by atoms with Gasteiger partial charge in [-0.25, -0.2) is 9.79 Å². The van der Waals surface area contributed by atoms with Crippen molar-refractivity contribution in [2.45, 2.75) is 46.4 Å². The molecule has 43 heavy (non-hydrogen) atoms. The van der Waals surface area contributed by atoms with E-state index in [1.807, 2.05) is 86.7 Å². The fourth-order valence-corrected chi connectivity index (χ4v) is 6.41. The number of halogens is 2. The number of hydrogen-bond acceptors (Lipinski definition) is 7. The maximum Gasteiger partial charge on any atom is 0.338 e. The number of esters is 1. The molecule has 10 heteroatoms. The molecule has 222 valence electrons. The lowest BCUT2D eigenvalue weighted by atomic mass is 9.96. The van der Waals surface area contributed by atoms with Crippen LogP contribution in [0.5, 0.6) is 11.5 Å². The van der Waals surface area contributed by atoms with E-state index in [9.17, 15) is 9.59 Å². The summed E-state index contributed by atoms with van der Waals surface area (Å²) in [5.41, 5.74) is 3.17. The lowest BCUT2D eigenvalue weighted by molar-refractivity contribution is -0.139. The number of rotatable bonds is 9. The third kappa shape index (κ3) is 6.95. The van der Waals surface area contributed by atoms with E-state index in [1.54, 1.807) is 18.4 Å². The zero-order valence-corrected chi connectivity index (χ0v) is 27.3. The highest BCUT2D eigenvalue weighted by atomic mass is 79.9. The number of allylic oxidation sites excluding steroid dienone is 1. The normalized spacial score (nSPS) is 14.9. The van der Waals surface area contributed by atoms with Gasteiger partial charge in [-0.3, -0.25) is 9.36 Å². The third-order valence-corrected chi connectivity index (χ3v) is 8.50. The molecule has 0 unspecified atom stereocenters. The van der Waals surface area contributed by atoms with E-state index in [1.165, 1.54) is 11.3 Å². The van der Waals surface area contributed by atoms with Crippen molar-refractivity contribution >= 4 is 50.9 Å². The smallest absolute Gasteiger partial charge is 0.338 e. The molecule has 0 fully saturated rings. The van der Waals surface area contributed by atoms with Crippen molar-refractivity contribution in [2.75, 3.05) is 6.61 Å². The Balaban J connectivity index is 1.51. The highest BCUT2D eigenvalue weighted by Crippen LogP contribution is 2.32. The van der Waals surface area contributed by atoms with Gasteiger partial charge in [-0.2, -0.15) is 0 Å². The summed E-state index contributed by atoms with van der Waals surface area (Å²) in [4.78, 5) is 32.2. The number of nitrogens with zero attached hydrogens (tertiary/aromatic N) is 2. The Morgan fingerprint density at radius 3 is 2.49 bits per heavy atom. The highest BCUT2D eigenvalue weighted by Gasteiger charge is 2.33. The van der Waals surface area contributed by atoms with Crippen LogP contribution < -0.4 is 24.4 Å². The predicted octanol–water partition coefficient (Wildman–Crippen LogP) is 6.58. The van der Waals surface area contributed by atoms with Crippen LogP contribution in [-0.2, 0) is 16.1 Å². The molecule has 0 saturated heterocycles. The first-order valence-electron chi connectivity index (χ1n) is 13.8. The molecule has 0 saturated carbocycles. The second kappa shape index (κ2) is 13.3. The average Bonchev–Trinajstić information content (AvgIpc) is 3.27. The van der Waals surface area contributed by atoms with Crippen LogP contribution in [0.4, 0.5) is 0 Å². The standard InChI is InChI=1S/C33H30BrClN2O5S/c1-5-40-32(39)29-20(4)36-33-37(30(29)23-9-13-25(14-10-23)42-19(2)3)31(38)28(43-33)17-22-8-15-27(26(34)16-22)41-18-21-6-11-24(35)12-7-21/h6-17,19,30H,5,18H2,1-4H3/b28-17-/t30-/m0/s1. The second-order valence-electron chi connectivity index (χ2n) is 10.1. The molecule has 7 nitrogen and oxygen atoms in total. The summed E-state index contributed by atoms with van der Waals surface area (Å²) in [6.07, 6.45) is 1.84. The number of ether oxygens (including phenoxy) is 3. The van der Waals surface area contributed by atoms with Gasteiger partial charge in [-0.1, -0.05) is 53.3 Å². The van der Waals surface area contributed by atoms with Gasteiger partial charge >= 0.3 is 5.97 Å². The van der Waals surface area contributed by atoms with Crippen molar-refractivity contribution in [3.63, 3.8) is 0 Å². The first-order chi connectivity index (χ1) is 20.6. The molecule has 4 aromatic rings. The van der Waals surface area contributed by atoms with Crippen LogP contribution in [0, 0.1) is 0 Å². The van der Waals surface area contributed by atoms with Crippen LogP contribution in [0.15, 0.2) is 92.3 Å². The Labute approximate surface area is 266 Å². The maximum absolute atomic E-state index is 13.9. The fraction of sp³-hybridized carbons (Fsp3) is 0.242. The minimum Gasteiger partial charge on any atom is -0.491 e. The van der Waals surface area contributed by atoms with Gasteiger partial charge in [0.05, 0.1) is 39.0 Å². The fourth-order valence-electron chi connectivity index (χ4n) is 4.72. The molecule has 0 N–H and O–H groups in total. The predicted molar refractivity (Wildman–Crippen MR) is 173 cm³/mol. The number of benzene rings is 3. The van der Waals surface area contributed by atoms with Crippen molar-refractivity contribution in [1.82, 2.24) is 4.57 Å². The summed E-state index contributed by atoms with van der Waals surface area (Å²) < 4.78 is 20.0. The number of aromatic nitrogens is 1. The van der Waals surface area contributed by atoms with Crippen molar-refractivity contribution in [3.8, 4) is 11.5 Å². The zero-order chi connectivity index (χ0) is 30.7. The third-order valence-electron chi connectivity index (χ3n) is 6.65. The van der Waals surface area contributed by atoms with E-state index in [-0.39, 0.29) is 18.3 Å². The molecule has 0 amide bonds. The van der Waals surface area contributed by atoms with E-state index in [4.69, 9.17) is 25.8 Å². The Bertz CT molecular complexity index is 1860. The zero-order valence-electron chi connectivity index (χ0n) is 24.1. The molecule has 1 aliphatic rings. The molecule has 0 aliphatic carbocycles. The van der Waals surface area contributed by atoms with Crippen LogP contribution >= 0.6 is 38.9 Å². The molecule has 3 aromatic carbocycles. The van der Waals surface area contributed by atoms with Crippen LogP contribution in [0.2, 0.25) is 5.02 Å². The Morgan fingerprint density at radius 1 is 1.12 bits per heavy atom. The molecule has 5 rings (SSSR count). The van der Waals surface area contributed by atoms with Gasteiger partial charge in [0.2, 0.25) is 0 Å². The van der Waals surface area contributed by atoms with Gasteiger partial charge in [-0.15, -0.1) is 0 Å². The van der Waals surface area contributed by atoms with Crippen molar-refractivity contribution in [2.24, 2.45) is 4.99 Å². The number of thiazole rings is 1. The van der Waals surface area contributed by atoms with Gasteiger partial charge in [0.1, 0.15) is 18.1 Å². The molecule has 1 aliphatic heterocycles. The summed E-state index contributed by atoms with van der Waals surface area (Å²) >= 11 is 10.8. The average molecular weight is 682 g/mol. The number of fused-ring (bicyclic) bond motifs is 1. The van der Waals surface area contributed by atoms with Crippen LogP contribution in [0.3, 0.4) is 0 Å². The molecule has 2 heterocycles. The Kier molecular flexibility index (Phi) is 9.54. The summed E-state index contributed by atoms with van der Waals surface area (Å²) in [7, 11) is 0. The van der Waals surface area contributed by atoms with E-state index in [0.717, 1.165) is 21.2 Å². The van der Waals surface area contributed by atoms with E-state index in [0.29, 0.717) is 43.7 Å². The number of hydrogen-bond donors (Lipinski definition) is 0. The minimum absolute atomic E-state index is 0.0184. The van der Waals surface area contributed by atoms with Crippen LogP contribution in [0.25, 0.3) is 6.08 Å². The van der Waals surface area contributed by atoms with Gasteiger partial charge in [-0.05, 0) is 103 Å². The topological polar surface area (TPSA) is 79.1 Å². The molecule has 0 bridgehead atoms. The van der Waals surface area contributed by atoms with Crippen LogP contribution in [0.1, 0.15) is 50.4 Å². The summed E-state index contributed by atoms with van der Waals surface area (Å²) in [6, 6.07) is 19.9. The van der Waals surface area contributed by atoms with Gasteiger partial charge in [0, 0.05) is 5.02 Å². The monoisotopic (exact) mass is 680 g/mol. The minimum atomic E-state index is -0.694. The molecule has 1 aromatic heterocycles. The molecular weight excluding hydrogens is 652 g/mol. The lowest BCUT2D eigenvalue weighted by Crippen LogP contribution is -2.39. The van der Waals surface area contributed by atoms with E-state index >= 15 is 0 Å². The summed E-state index contributed by atoms with van der Waals surface area (Å²) in [5, 5.41) is 0.673. The van der Waals surface area contributed by atoms with Gasteiger partial charge < -0.3 is 14.2 Å². The first kappa shape index (κ1) is 30.8. The first-order valence-corrected chi connectivity index (χ1v) is 15.8. The van der Waals surface area contributed by atoms with E-state index < -0.39 is 12.0 Å². The quantitative estimate of drug-likeness (QED) is 0.187. The molecular formula is C33H30BrClN2O5S. The van der Waals surface area contributed by atoms with Crippen LogP contribution in [-0.4, -0.2) is 23.2 Å². The van der Waals surface area contributed by atoms with Crippen molar-refractivity contribution in [1.29, 1.82) is 0 Å². The lowest BCUT2D eigenvalue weighted by Gasteiger charge is -2.25. The van der Waals surface area contributed by atoms with Gasteiger partial charge in [0.25, 0.3) is 5.56 Å². The largest absolute Gasteiger partial charge is 0.491 e. The number of carbonyl (C=O) groups excluding carboxylic acids is 1. The Hall–Kier alpha value is -3.66. The summed E-state index contributed by atoms with van der Waals surface area (Å²) in [6.45, 7) is 8.03. The molecule has 0 radical (unpaired) electrons. The van der Waals surface area contributed by atoms with Crippen molar-refractivity contribution in [3.05, 3.63) is 124 Å². The number of carbonyl (C=O) groups is 1. The maximum atomic E-state index is 13.9. The molecule has 1 atom stereocenters. The van der Waals surface area contributed by atoms with Crippen molar-refractivity contribution < 1.29 is 19.0 Å². The SMILES string of the molecule is CCOC(=O)C1=C(C)N=c2s/c(=C\c3ccc(OCc4ccc(Cl)cc4)c(Br)c3)c(=O)n2[C@H]1c1ccc(OC(C)C)cc1. The Morgan fingerprint density at radius 2 is 1.84 bits per heavy atom. The highest BCUT2D eigenvalue weighted by molar-refractivity contribution is 9.10. The van der Waals surface area contributed by atoms with Gasteiger partial charge in [0.15, 0.2) is 4.80 Å². The summed E-state index contributed by atoms with van der Waals surface area (Å²) in [5.74, 6) is 0.882. The molecule has 0 spiro atoms. The van der Waals surface area contributed by atoms with E-state index in [2.05, 4.69) is 20.9 Å².